The number of anilines is 1. The zero-order chi connectivity index (χ0) is 24.4. The summed E-state index contributed by atoms with van der Waals surface area (Å²) in [4.78, 5) is 24.7. The number of hydrogen-bond acceptors (Lipinski definition) is 7. The number of rotatable bonds is 6. The lowest BCUT2D eigenvalue weighted by Crippen LogP contribution is -2.29. The van der Waals surface area contributed by atoms with Crippen molar-refractivity contribution in [3.63, 3.8) is 0 Å². The number of sulfonamides is 1. The second-order valence-corrected chi connectivity index (χ2v) is 9.72. The van der Waals surface area contributed by atoms with Crippen molar-refractivity contribution in [2.75, 3.05) is 10.8 Å². The summed E-state index contributed by atoms with van der Waals surface area (Å²) in [5.41, 5.74) is 2.37. The Kier molecular flexibility index (Phi) is 5.87. The molecule has 35 heavy (non-hydrogen) atoms. The molecule has 0 aliphatic carbocycles. The molecule has 0 radical (unpaired) electrons. The third-order valence-electron chi connectivity index (χ3n) is 5.68. The average Bonchev–Trinajstić information content (AvgIpc) is 3.33. The Morgan fingerprint density at radius 2 is 1.74 bits per heavy atom. The highest BCUT2D eigenvalue weighted by atomic mass is 32.2. The van der Waals surface area contributed by atoms with Gasteiger partial charge >= 0.3 is 5.97 Å². The predicted molar refractivity (Wildman–Crippen MR) is 130 cm³/mol. The zero-order valence-electron chi connectivity index (χ0n) is 18.4. The highest BCUT2D eigenvalue weighted by Gasteiger charge is 2.30. The van der Waals surface area contributed by atoms with Crippen LogP contribution in [0.5, 0.6) is 0 Å². The first kappa shape index (κ1) is 22.5. The molecule has 0 fully saturated rings. The van der Waals surface area contributed by atoms with Crippen LogP contribution in [0.4, 0.5) is 5.69 Å². The molecule has 2 heterocycles. The van der Waals surface area contributed by atoms with Crippen LogP contribution < -0.4 is 9.86 Å². The third-order valence-corrected chi connectivity index (χ3v) is 7.51. The van der Waals surface area contributed by atoms with E-state index in [1.807, 2.05) is 18.2 Å². The van der Waals surface area contributed by atoms with Gasteiger partial charge in [-0.25, -0.2) is 13.2 Å². The van der Waals surface area contributed by atoms with Gasteiger partial charge < -0.3 is 4.74 Å². The van der Waals surface area contributed by atoms with Gasteiger partial charge in [-0.1, -0.05) is 47.7 Å². The molecule has 0 saturated carbocycles. The van der Waals surface area contributed by atoms with Crippen LogP contribution in [-0.4, -0.2) is 35.9 Å². The maximum absolute atomic E-state index is 13.1. The average molecular weight is 489 g/mol. The van der Waals surface area contributed by atoms with Gasteiger partial charge in [0.05, 0.1) is 16.0 Å². The van der Waals surface area contributed by atoms with E-state index in [0.29, 0.717) is 35.1 Å². The Labute approximate surface area is 200 Å². The fourth-order valence-corrected chi connectivity index (χ4v) is 5.38. The molecule has 10 heteroatoms. The first-order valence-electron chi connectivity index (χ1n) is 10.8. The number of carbonyl (C=O) groups is 1. The lowest BCUT2D eigenvalue weighted by molar-refractivity contribution is -0.141. The van der Waals surface area contributed by atoms with Gasteiger partial charge in [0, 0.05) is 12.6 Å². The van der Waals surface area contributed by atoms with E-state index in [4.69, 9.17) is 4.74 Å². The normalized spacial score (nSPS) is 13.3. The first-order chi connectivity index (χ1) is 16.9. The van der Waals surface area contributed by atoms with Crippen LogP contribution in [0, 0.1) is 0 Å². The van der Waals surface area contributed by atoms with E-state index < -0.39 is 21.6 Å². The quantitative estimate of drug-likeness (QED) is 0.303. The van der Waals surface area contributed by atoms with Gasteiger partial charge in [0.15, 0.2) is 6.73 Å². The van der Waals surface area contributed by atoms with Crippen LogP contribution in [0.25, 0.3) is 17.0 Å². The van der Waals surface area contributed by atoms with E-state index in [9.17, 15) is 18.0 Å². The van der Waals surface area contributed by atoms with Crippen LogP contribution in [0.15, 0.2) is 88.6 Å². The molecule has 9 nitrogen and oxygen atoms in total. The molecule has 0 bridgehead atoms. The Morgan fingerprint density at radius 3 is 2.57 bits per heavy atom. The van der Waals surface area contributed by atoms with Crippen molar-refractivity contribution >= 4 is 38.7 Å². The summed E-state index contributed by atoms with van der Waals surface area (Å²) in [7, 11) is -3.69. The fraction of sp³-hybridized carbons (Fsp3) is 0.120. The van der Waals surface area contributed by atoms with E-state index in [2.05, 4.69) is 10.3 Å². The monoisotopic (exact) mass is 488 g/mol. The molecule has 3 aromatic carbocycles. The second-order valence-electron chi connectivity index (χ2n) is 7.86. The van der Waals surface area contributed by atoms with E-state index in [1.54, 1.807) is 42.5 Å². The van der Waals surface area contributed by atoms with Crippen molar-refractivity contribution in [2.45, 2.75) is 18.0 Å². The number of carbonyl (C=O) groups excluding carboxylic acids is 1. The van der Waals surface area contributed by atoms with Gasteiger partial charge in [-0.3, -0.25) is 9.10 Å². The van der Waals surface area contributed by atoms with Crippen molar-refractivity contribution in [2.24, 2.45) is 0 Å². The minimum atomic E-state index is -3.69. The number of aromatic nitrogens is 3. The maximum Gasteiger partial charge on any atom is 0.332 e. The highest BCUT2D eigenvalue weighted by Crippen LogP contribution is 2.32. The van der Waals surface area contributed by atoms with Gasteiger partial charge in [-0.15, -0.1) is 5.10 Å². The second kappa shape index (κ2) is 9.15. The molecule has 4 aromatic rings. The Bertz CT molecular complexity index is 1610. The van der Waals surface area contributed by atoms with Gasteiger partial charge in [0.2, 0.25) is 0 Å². The minimum absolute atomic E-state index is 0.170. The van der Waals surface area contributed by atoms with Crippen molar-refractivity contribution < 1.29 is 17.9 Å². The molecule has 0 unspecified atom stereocenters. The molecule has 0 N–H and O–H groups in total. The first-order valence-corrected chi connectivity index (χ1v) is 12.3. The van der Waals surface area contributed by atoms with Crippen LogP contribution in [0.3, 0.4) is 0 Å². The summed E-state index contributed by atoms with van der Waals surface area (Å²) in [6.07, 6.45) is 3.37. The number of hydrogen-bond donors (Lipinski definition) is 0. The smallest absolute Gasteiger partial charge is 0.332 e. The molecular formula is C25H20N4O5S. The van der Waals surface area contributed by atoms with Crippen LogP contribution in [0.2, 0.25) is 0 Å². The molecule has 1 aromatic heterocycles. The summed E-state index contributed by atoms with van der Waals surface area (Å²) >= 11 is 0. The summed E-state index contributed by atoms with van der Waals surface area (Å²) in [5.74, 6) is -0.683. The number of para-hydroxylation sites is 1. The lowest BCUT2D eigenvalue weighted by Gasteiger charge is -2.19. The minimum Gasteiger partial charge on any atom is -0.439 e. The molecule has 1 aliphatic heterocycles. The van der Waals surface area contributed by atoms with E-state index >= 15 is 0 Å². The fourth-order valence-electron chi connectivity index (χ4n) is 3.88. The van der Waals surface area contributed by atoms with Crippen LogP contribution in [0.1, 0.15) is 11.1 Å². The Balaban J connectivity index is 1.24. The summed E-state index contributed by atoms with van der Waals surface area (Å²) in [6, 6.07) is 20.4. The predicted octanol–water partition coefficient (Wildman–Crippen LogP) is 2.76. The Morgan fingerprint density at radius 1 is 1.00 bits per heavy atom. The molecular weight excluding hydrogens is 468 g/mol. The van der Waals surface area contributed by atoms with Crippen LogP contribution >= 0.6 is 0 Å². The van der Waals surface area contributed by atoms with Gasteiger partial charge in [0.25, 0.3) is 15.6 Å². The van der Waals surface area contributed by atoms with Gasteiger partial charge in [-0.2, -0.15) is 4.68 Å². The SMILES string of the molecule is O=C(/C=C/c1ccc(S(=O)(=O)N2CCc3ccccc32)cc1)OCn1nnc2ccccc2c1=O. The Hall–Kier alpha value is -4.31. The van der Waals surface area contributed by atoms with Gasteiger partial charge in [0.1, 0.15) is 5.52 Å². The third kappa shape index (κ3) is 4.43. The number of esters is 1. The van der Waals surface area contributed by atoms with E-state index in [1.165, 1.54) is 28.6 Å². The summed E-state index contributed by atoms with van der Waals surface area (Å²) < 4.78 is 33.7. The van der Waals surface area contributed by atoms with Crippen molar-refractivity contribution in [3.8, 4) is 0 Å². The number of fused-ring (bicyclic) bond motifs is 2. The lowest BCUT2D eigenvalue weighted by atomic mass is 10.2. The van der Waals surface area contributed by atoms with Crippen molar-refractivity contribution in [1.29, 1.82) is 0 Å². The maximum atomic E-state index is 13.1. The van der Waals surface area contributed by atoms with Crippen molar-refractivity contribution in [3.05, 3.63) is 100 Å². The van der Waals surface area contributed by atoms with E-state index in [0.717, 1.165) is 10.2 Å². The topological polar surface area (TPSA) is 111 Å². The largest absolute Gasteiger partial charge is 0.439 e. The van der Waals surface area contributed by atoms with Crippen molar-refractivity contribution in [1.82, 2.24) is 15.0 Å². The van der Waals surface area contributed by atoms with E-state index in [-0.39, 0.29) is 11.6 Å². The van der Waals surface area contributed by atoms with Crippen LogP contribution in [-0.2, 0) is 32.7 Å². The number of nitrogens with zero attached hydrogens (tertiary/aromatic N) is 4. The molecule has 1 aliphatic rings. The number of benzene rings is 3. The molecule has 176 valence electrons. The molecule has 0 atom stereocenters. The highest BCUT2D eigenvalue weighted by molar-refractivity contribution is 7.92. The summed E-state index contributed by atoms with van der Waals surface area (Å²) in [6.45, 7) is 0.0220. The zero-order valence-corrected chi connectivity index (χ0v) is 19.3. The molecule has 5 rings (SSSR count). The summed E-state index contributed by atoms with van der Waals surface area (Å²) in [5, 5.41) is 8.08. The molecule has 0 amide bonds. The number of ether oxygens (including phenoxy) is 1. The molecule has 0 saturated heterocycles. The molecule has 0 spiro atoms. The van der Waals surface area contributed by atoms with Gasteiger partial charge in [-0.05, 0) is 54.0 Å². The standard InChI is InChI=1S/C25H20N4O5S/c30-24(34-17-28-25(31)21-6-2-3-7-22(21)26-27-28)14-11-18-9-12-20(13-10-18)35(32,33)29-16-15-19-5-1-4-8-23(19)29/h1-14H,15-17H2/b14-11+.